The number of likely N-dealkylation sites (tertiary alicyclic amines) is 1. The third-order valence-electron chi connectivity index (χ3n) is 18.1. The number of carbonyl (C=O) groups is 16. The van der Waals surface area contributed by atoms with Crippen molar-refractivity contribution in [2.24, 2.45) is 35.0 Å². The Morgan fingerprint density at radius 3 is 1.56 bits per heavy atom. The highest BCUT2D eigenvalue weighted by Crippen LogP contribution is 2.22. The smallest absolute Gasteiger partial charge is 0.245 e. The number of nitrogens with zero attached hydrogens (tertiary/aromatic N) is 2. The molecule has 1 fully saturated rings. The van der Waals surface area contributed by atoms with Crippen molar-refractivity contribution in [1.82, 2.24) is 89.0 Å². The number of phenolic OH excluding ortho intramolecular Hbond substituents is 1. The lowest BCUT2D eigenvalue weighted by Crippen LogP contribution is -2.62. The number of para-hydroxylation sites is 1. The van der Waals surface area contributed by atoms with Gasteiger partial charge in [0.05, 0.1) is 38.5 Å². The number of imidazole rings is 1. The number of aromatic amines is 2. The number of primary amides is 2. The molecule has 4 aromatic rings. The molecule has 16 amide bonds. The summed E-state index contributed by atoms with van der Waals surface area (Å²) in [5.74, 6) is -15.7. The number of fused-ring (bicyclic) bond motifs is 1. The van der Waals surface area contributed by atoms with Crippen LogP contribution in [-0.2, 0) is 96.0 Å². The van der Waals surface area contributed by atoms with Gasteiger partial charge in [-0.05, 0) is 107 Å². The van der Waals surface area contributed by atoms with E-state index >= 15 is 0 Å². The number of nitrogens with two attached hydrogens (primary N) is 3. The summed E-state index contributed by atoms with van der Waals surface area (Å²) >= 11 is 0. The lowest BCUT2D eigenvalue weighted by Gasteiger charge is -2.28. The second kappa shape index (κ2) is 43.7. The zero-order valence-electron chi connectivity index (χ0n) is 64.4. The van der Waals surface area contributed by atoms with Crippen LogP contribution in [0.5, 0.6) is 5.75 Å². The van der Waals surface area contributed by atoms with Crippen LogP contribution in [0.3, 0.4) is 0 Å². The average molecular weight is 1570 g/mol. The van der Waals surface area contributed by atoms with E-state index in [1.54, 1.807) is 72.0 Å². The first kappa shape index (κ1) is 91.0. The van der Waals surface area contributed by atoms with Gasteiger partial charge in [0.2, 0.25) is 94.5 Å². The van der Waals surface area contributed by atoms with E-state index in [0.29, 0.717) is 23.2 Å². The number of hydrogen-bond donors (Lipinski definition) is 21. The predicted molar refractivity (Wildman–Crippen MR) is 403 cm³/mol. The predicted octanol–water partition coefficient (Wildman–Crippen LogP) is -5.56. The van der Waals surface area contributed by atoms with Crippen molar-refractivity contribution < 1.29 is 92.0 Å². The highest BCUT2D eigenvalue weighted by atomic mass is 16.3. The molecule has 1 saturated heterocycles. The van der Waals surface area contributed by atoms with Crippen molar-refractivity contribution in [3.05, 3.63) is 84.1 Å². The van der Waals surface area contributed by atoms with Crippen LogP contribution in [0.1, 0.15) is 125 Å². The molecule has 14 atom stereocenters. The van der Waals surface area contributed by atoms with Gasteiger partial charge < -0.3 is 117 Å². The molecular weight excluding hydrogens is 1460 g/mol. The van der Waals surface area contributed by atoms with Gasteiger partial charge in [0.1, 0.15) is 84.3 Å². The summed E-state index contributed by atoms with van der Waals surface area (Å²) in [5.41, 5.74) is 18.6. The van der Waals surface area contributed by atoms with Gasteiger partial charge >= 0.3 is 0 Å². The number of nitrogens with one attached hydrogen (secondary N) is 15. The molecule has 24 N–H and O–H groups in total. The summed E-state index contributed by atoms with van der Waals surface area (Å²) in [6.07, 6.45) is 2.09. The molecule has 3 heterocycles. The minimum Gasteiger partial charge on any atom is -0.508 e. The third kappa shape index (κ3) is 28.7. The van der Waals surface area contributed by atoms with Crippen molar-refractivity contribution in [1.29, 1.82) is 0 Å². The molecular formula is C73H108N20O19. The largest absolute Gasteiger partial charge is 0.508 e. The second-order valence-electron chi connectivity index (χ2n) is 29.0. The Morgan fingerprint density at radius 1 is 0.527 bits per heavy atom. The van der Waals surface area contributed by atoms with Crippen molar-refractivity contribution in [3.63, 3.8) is 0 Å². The van der Waals surface area contributed by atoms with Crippen LogP contribution in [0.25, 0.3) is 10.9 Å². The van der Waals surface area contributed by atoms with Gasteiger partial charge in [-0.15, -0.1) is 0 Å². The summed E-state index contributed by atoms with van der Waals surface area (Å²) in [5, 5.41) is 64.3. The number of phenols is 1. The number of aromatic nitrogens is 3. The lowest BCUT2D eigenvalue weighted by molar-refractivity contribution is -0.140. The molecule has 2 aromatic carbocycles. The lowest BCUT2D eigenvalue weighted by atomic mass is 9.99. The van der Waals surface area contributed by atoms with Crippen LogP contribution in [0.2, 0.25) is 0 Å². The fourth-order valence-electron chi connectivity index (χ4n) is 12.1. The summed E-state index contributed by atoms with van der Waals surface area (Å²) in [7, 11) is 0. The Morgan fingerprint density at radius 2 is 1.01 bits per heavy atom. The first-order valence-corrected chi connectivity index (χ1v) is 36.9. The Labute approximate surface area is 646 Å². The zero-order chi connectivity index (χ0) is 83.4. The molecule has 0 unspecified atom stereocenters. The first-order valence-electron chi connectivity index (χ1n) is 36.9. The monoisotopic (exact) mass is 1570 g/mol. The molecule has 614 valence electrons. The van der Waals surface area contributed by atoms with Crippen LogP contribution >= 0.6 is 0 Å². The van der Waals surface area contributed by atoms with Gasteiger partial charge in [0.25, 0.3) is 0 Å². The second-order valence-corrected chi connectivity index (χ2v) is 29.0. The van der Waals surface area contributed by atoms with Crippen molar-refractivity contribution in [2.75, 3.05) is 26.2 Å². The summed E-state index contributed by atoms with van der Waals surface area (Å²) in [4.78, 5) is 229. The summed E-state index contributed by atoms with van der Waals surface area (Å²) in [6.45, 7) is 13.3. The van der Waals surface area contributed by atoms with E-state index in [0.717, 1.165) is 10.9 Å². The number of rotatable bonds is 44. The third-order valence-corrected chi connectivity index (χ3v) is 18.1. The molecule has 2 aromatic heterocycles. The van der Waals surface area contributed by atoms with E-state index in [2.05, 4.69) is 84.1 Å². The topological polar surface area (TPSA) is 616 Å². The number of H-pyrrole nitrogens is 2. The normalized spacial score (nSPS) is 16.1. The molecule has 39 heteroatoms. The summed E-state index contributed by atoms with van der Waals surface area (Å²) < 4.78 is 0. The van der Waals surface area contributed by atoms with Crippen LogP contribution in [0, 0.1) is 17.8 Å². The van der Waals surface area contributed by atoms with E-state index in [-0.39, 0.29) is 75.0 Å². The maximum absolute atomic E-state index is 14.5. The standard InChI is InChI=1S/C73H108N20O19/c1-35(2)22-48(64(103)79-32-59(99)93-21-13-16-56(93)72(111)89-53(27-44-31-77-34-80-44)65(104)81-38(7)61(76)100)86-66(105)49(23-36(3)4)87-68(107)51(25-42-17-19-45(96)20-18-42)85-63(102)40(9)82-62(101)39(8)83-71(110)55(33-94)91-69(108)54(28-57(75)97)88-67(106)50(24-37(5)6)90-73(112)60(41(10)95)92-70(109)52(84-58(98)29-74)26-43-30-78-47-15-12-11-14-46(43)47/h11-12,14-15,17-20,30-31,34-41,48-56,60,78,94-96H,13,16,21-29,32-33,74H2,1-10H3,(H2,75,97)(H2,76,100)(H,77,80)(H,79,103)(H,81,104)(H,82,101)(H,83,110)(H,84,98)(H,85,102)(H,86,105)(H,87,107)(H,88,106)(H,89,111)(H,90,112)(H,91,108)(H,92,109)/t38-,39-,40+,41+,48-,49-,50-,51-,52-,53-,54-,55-,56-,60-/m0/s1. The minimum atomic E-state index is -1.88. The average Bonchev–Trinajstić information content (AvgIpc) is 1.66. The number of aliphatic hydroxyl groups is 2. The summed E-state index contributed by atoms with van der Waals surface area (Å²) in [6, 6.07) is -6.11. The van der Waals surface area contributed by atoms with Gasteiger partial charge in [-0.1, -0.05) is 71.9 Å². The Balaban J connectivity index is 1.22. The molecule has 0 saturated carbocycles. The van der Waals surface area contributed by atoms with Crippen LogP contribution in [-0.4, -0.2) is 241 Å². The van der Waals surface area contributed by atoms with E-state index in [4.69, 9.17) is 17.2 Å². The van der Waals surface area contributed by atoms with Gasteiger partial charge in [-0.2, -0.15) is 0 Å². The van der Waals surface area contributed by atoms with E-state index < -0.39 is 205 Å². The zero-order valence-corrected chi connectivity index (χ0v) is 64.4. The Kier molecular flexibility index (Phi) is 35.5. The number of amides is 16. The van der Waals surface area contributed by atoms with Gasteiger partial charge in [0, 0.05) is 54.8 Å². The van der Waals surface area contributed by atoms with Gasteiger partial charge in [-0.3, -0.25) is 76.7 Å². The first-order chi connectivity index (χ1) is 52.8. The van der Waals surface area contributed by atoms with Gasteiger partial charge in [-0.25, -0.2) is 4.98 Å². The van der Waals surface area contributed by atoms with E-state index in [9.17, 15) is 92.0 Å². The maximum atomic E-state index is 14.5. The van der Waals surface area contributed by atoms with Gasteiger partial charge in [0.15, 0.2) is 0 Å². The highest BCUT2D eigenvalue weighted by molar-refractivity contribution is 6.01. The molecule has 0 bridgehead atoms. The molecule has 0 spiro atoms. The maximum Gasteiger partial charge on any atom is 0.245 e. The van der Waals surface area contributed by atoms with Crippen molar-refractivity contribution in [2.45, 2.75) is 212 Å². The fraction of sp³-hybridized carbons (Fsp3) is 0.548. The Hall–Kier alpha value is -11.6. The Bertz CT molecular complexity index is 3960. The number of carbonyl (C=O) groups excluding carboxylic acids is 16. The number of hydrogen-bond acceptors (Lipinski definition) is 21. The fourth-order valence-corrected chi connectivity index (χ4v) is 12.1. The molecule has 1 aliphatic heterocycles. The number of benzene rings is 2. The quantitative estimate of drug-likeness (QED) is 0.0196. The molecule has 0 radical (unpaired) electrons. The molecule has 0 aliphatic carbocycles. The minimum absolute atomic E-state index is 0.00470. The molecule has 1 aliphatic rings. The van der Waals surface area contributed by atoms with Crippen LogP contribution < -0.4 is 86.3 Å². The highest BCUT2D eigenvalue weighted by Gasteiger charge is 2.40. The van der Waals surface area contributed by atoms with Crippen molar-refractivity contribution >= 4 is 105 Å². The van der Waals surface area contributed by atoms with E-state index in [1.807, 2.05) is 0 Å². The van der Waals surface area contributed by atoms with Crippen LogP contribution in [0.15, 0.2) is 67.3 Å². The number of aliphatic hydroxyl groups excluding tert-OH is 2. The molecule has 5 rings (SSSR count). The van der Waals surface area contributed by atoms with Crippen molar-refractivity contribution in [3.8, 4) is 5.75 Å². The van der Waals surface area contributed by atoms with Crippen LogP contribution in [0.4, 0.5) is 0 Å². The number of aromatic hydroxyl groups is 1. The molecule has 112 heavy (non-hydrogen) atoms. The molecule has 39 nitrogen and oxygen atoms in total. The van der Waals surface area contributed by atoms with E-state index in [1.165, 1.54) is 69.4 Å². The SMILES string of the molecule is CC(C)C[C@H](NC(=O)[C@H](CC(C)C)NC(=O)[C@H](Cc1ccc(O)cc1)NC(=O)[C@@H](C)NC(=O)[C@H](C)NC(=O)[C@H](CO)NC(=O)[C@H](CC(N)=O)NC(=O)[C@H](CC(C)C)NC(=O)[C@@H](NC(=O)[C@H](Cc1c[nH]c2ccccc12)NC(=O)CN)[C@@H](C)O)C(=O)NCC(=O)N1CCC[C@H]1C(=O)N[C@@H](Cc1cnc[nH]1)C(=O)N[C@@H](C)C(N)=O.